The van der Waals surface area contributed by atoms with Crippen LogP contribution in [-0.2, 0) is 20.7 Å². The van der Waals surface area contributed by atoms with Gasteiger partial charge in [0.15, 0.2) is 5.78 Å². The Hall–Kier alpha value is -2.68. The lowest BCUT2D eigenvalue weighted by atomic mass is 10.0. The van der Waals surface area contributed by atoms with Crippen LogP contribution in [0.5, 0.6) is 0 Å². The van der Waals surface area contributed by atoms with Crippen molar-refractivity contribution in [3.8, 4) is 0 Å². The molecular formula is C22H34N4O5. The van der Waals surface area contributed by atoms with Crippen molar-refractivity contribution in [1.29, 1.82) is 0 Å². The summed E-state index contributed by atoms with van der Waals surface area (Å²) in [6, 6.07) is 5.30. The average molecular weight is 435 g/mol. The molecule has 0 spiro atoms. The number of ketones is 1. The van der Waals surface area contributed by atoms with Gasteiger partial charge >= 0.3 is 12.2 Å². The molecule has 2 N–H and O–H groups in total. The third-order valence-electron chi connectivity index (χ3n) is 4.30. The zero-order valence-electron chi connectivity index (χ0n) is 19.3. The lowest BCUT2D eigenvalue weighted by Crippen LogP contribution is -2.37. The number of likely N-dealkylation sites (tertiary alicyclic amines) is 1. The number of alkyl carbamates (subject to hydrolysis) is 1. The molecule has 2 heterocycles. The maximum atomic E-state index is 12.4. The maximum absolute atomic E-state index is 12.4. The lowest BCUT2D eigenvalue weighted by Gasteiger charge is -2.20. The summed E-state index contributed by atoms with van der Waals surface area (Å²) >= 11 is 0. The van der Waals surface area contributed by atoms with E-state index in [2.05, 4.69) is 15.6 Å². The number of hydrogen-bond donors (Lipinski definition) is 2. The summed E-state index contributed by atoms with van der Waals surface area (Å²) in [7, 11) is 0. The molecule has 0 aliphatic carbocycles. The van der Waals surface area contributed by atoms with Gasteiger partial charge in [0.25, 0.3) is 0 Å². The molecule has 0 saturated carbocycles. The van der Waals surface area contributed by atoms with Crippen LogP contribution in [0.2, 0.25) is 0 Å². The zero-order chi connectivity index (χ0) is 23.2. The van der Waals surface area contributed by atoms with Crippen molar-refractivity contribution < 1.29 is 23.9 Å². The first kappa shape index (κ1) is 24.6. The van der Waals surface area contributed by atoms with E-state index in [1.807, 2.05) is 31.7 Å². The molecule has 1 atom stereocenters. The fraction of sp³-hybridized carbons (Fsp3) is 0.636. The lowest BCUT2D eigenvalue weighted by molar-refractivity contribution is -0.119. The summed E-state index contributed by atoms with van der Waals surface area (Å²) in [6.07, 6.45) is -0.551. The molecule has 2 amide bonds. The Labute approximate surface area is 183 Å². The fourth-order valence-electron chi connectivity index (χ4n) is 3.13. The van der Waals surface area contributed by atoms with Crippen molar-refractivity contribution in [2.75, 3.05) is 31.5 Å². The summed E-state index contributed by atoms with van der Waals surface area (Å²) in [5.74, 6) is 0.353. The first-order chi connectivity index (χ1) is 14.3. The third kappa shape index (κ3) is 9.33. The molecule has 31 heavy (non-hydrogen) atoms. The topological polar surface area (TPSA) is 110 Å². The van der Waals surface area contributed by atoms with E-state index in [1.54, 1.807) is 32.9 Å². The van der Waals surface area contributed by atoms with Crippen LogP contribution in [0.3, 0.4) is 0 Å². The first-order valence-corrected chi connectivity index (χ1v) is 10.5. The third-order valence-corrected chi connectivity index (χ3v) is 4.30. The molecule has 9 nitrogen and oxygen atoms in total. The quantitative estimate of drug-likeness (QED) is 0.708. The molecule has 1 aromatic rings. The molecule has 1 unspecified atom stereocenters. The van der Waals surface area contributed by atoms with Crippen LogP contribution in [0.15, 0.2) is 18.2 Å². The molecule has 1 aromatic heterocycles. The predicted octanol–water partition coefficient (Wildman–Crippen LogP) is 3.00. The number of pyridine rings is 1. The zero-order valence-corrected chi connectivity index (χ0v) is 19.3. The summed E-state index contributed by atoms with van der Waals surface area (Å²) < 4.78 is 10.4. The fourth-order valence-corrected chi connectivity index (χ4v) is 3.13. The Kier molecular flexibility index (Phi) is 8.00. The van der Waals surface area contributed by atoms with Gasteiger partial charge in [-0.3, -0.25) is 15.0 Å². The van der Waals surface area contributed by atoms with Crippen LogP contribution in [0.4, 0.5) is 15.4 Å². The highest BCUT2D eigenvalue weighted by molar-refractivity contribution is 5.85. The van der Waals surface area contributed by atoms with Crippen molar-refractivity contribution in [3.05, 3.63) is 23.9 Å². The molecule has 1 fully saturated rings. The van der Waals surface area contributed by atoms with Crippen LogP contribution in [0, 0.1) is 5.92 Å². The number of carbonyl (C=O) groups is 3. The van der Waals surface area contributed by atoms with Gasteiger partial charge in [0.05, 0.1) is 6.54 Å². The number of Topliss-reactive ketones (excluding diaryl/α,β-unsaturated/α-hetero) is 1. The Morgan fingerprint density at radius 1 is 1.10 bits per heavy atom. The second-order valence-corrected chi connectivity index (χ2v) is 9.67. The van der Waals surface area contributed by atoms with Crippen LogP contribution in [-0.4, -0.2) is 65.2 Å². The monoisotopic (exact) mass is 434 g/mol. The maximum Gasteiger partial charge on any atom is 0.413 e. The van der Waals surface area contributed by atoms with Gasteiger partial charge in [-0.05, 0) is 53.7 Å². The van der Waals surface area contributed by atoms with Crippen molar-refractivity contribution >= 4 is 23.8 Å². The van der Waals surface area contributed by atoms with Gasteiger partial charge in [-0.25, -0.2) is 14.6 Å². The number of anilines is 1. The molecule has 9 heteroatoms. The van der Waals surface area contributed by atoms with Gasteiger partial charge in [0.2, 0.25) is 0 Å². The van der Waals surface area contributed by atoms with Crippen molar-refractivity contribution in [3.63, 3.8) is 0 Å². The number of nitrogens with zero attached hydrogens (tertiary/aromatic N) is 2. The highest BCUT2D eigenvalue weighted by Gasteiger charge is 2.31. The van der Waals surface area contributed by atoms with E-state index >= 15 is 0 Å². The molecule has 0 radical (unpaired) electrons. The number of amides is 2. The van der Waals surface area contributed by atoms with Crippen molar-refractivity contribution in [2.24, 2.45) is 5.92 Å². The number of hydrogen-bond acceptors (Lipinski definition) is 7. The van der Waals surface area contributed by atoms with E-state index in [0.717, 1.165) is 5.69 Å². The minimum atomic E-state index is -0.597. The summed E-state index contributed by atoms with van der Waals surface area (Å²) in [5, 5.41) is 5.33. The summed E-state index contributed by atoms with van der Waals surface area (Å²) in [4.78, 5) is 42.5. The normalized spacial score (nSPS) is 17.4. The Bertz CT molecular complexity index is 798. The molecule has 1 aliphatic heterocycles. The van der Waals surface area contributed by atoms with Gasteiger partial charge in [0.1, 0.15) is 17.0 Å². The van der Waals surface area contributed by atoms with Crippen LogP contribution < -0.4 is 10.6 Å². The van der Waals surface area contributed by atoms with Crippen LogP contribution in [0.1, 0.15) is 47.2 Å². The standard InChI is InChI=1S/C22H34N4O5/c1-21(2,3)30-19(28)23-10-11-26-13-15(17(27)14-26)12-16-8-7-9-18(24-16)25-20(29)31-22(4,5)6/h7-9,15H,10-14H2,1-6H3,(H,23,28)(H,24,25,29). The van der Waals surface area contributed by atoms with Gasteiger partial charge in [-0.1, -0.05) is 6.07 Å². The molecule has 172 valence electrons. The van der Waals surface area contributed by atoms with Crippen molar-refractivity contribution in [2.45, 2.75) is 59.2 Å². The molecule has 2 rings (SSSR count). The number of nitrogens with one attached hydrogen (secondary N) is 2. The smallest absolute Gasteiger partial charge is 0.413 e. The molecular weight excluding hydrogens is 400 g/mol. The number of aromatic nitrogens is 1. The molecule has 0 bridgehead atoms. The van der Waals surface area contributed by atoms with Gasteiger partial charge in [-0.2, -0.15) is 0 Å². The Morgan fingerprint density at radius 3 is 2.39 bits per heavy atom. The minimum absolute atomic E-state index is 0.143. The Balaban J connectivity index is 1.82. The highest BCUT2D eigenvalue weighted by Crippen LogP contribution is 2.18. The molecule has 0 aromatic carbocycles. The SMILES string of the molecule is CC(C)(C)OC(=O)NCCN1CC(=O)C(Cc2cccc(NC(=O)OC(C)(C)C)n2)C1. The van der Waals surface area contributed by atoms with Gasteiger partial charge in [-0.15, -0.1) is 0 Å². The van der Waals surface area contributed by atoms with E-state index < -0.39 is 23.4 Å². The Morgan fingerprint density at radius 2 is 1.74 bits per heavy atom. The highest BCUT2D eigenvalue weighted by atomic mass is 16.6. The van der Waals surface area contributed by atoms with E-state index in [4.69, 9.17) is 9.47 Å². The minimum Gasteiger partial charge on any atom is -0.444 e. The largest absolute Gasteiger partial charge is 0.444 e. The van der Waals surface area contributed by atoms with E-state index in [1.165, 1.54) is 0 Å². The molecule has 1 saturated heterocycles. The van der Waals surface area contributed by atoms with E-state index in [0.29, 0.717) is 38.4 Å². The van der Waals surface area contributed by atoms with E-state index in [9.17, 15) is 14.4 Å². The van der Waals surface area contributed by atoms with E-state index in [-0.39, 0.29) is 11.7 Å². The second kappa shape index (κ2) is 10.1. The number of rotatable bonds is 6. The molecule has 1 aliphatic rings. The summed E-state index contributed by atoms with van der Waals surface area (Å²) in [5.41, 5.74) is -0.418. The average Bonchev–Trinajstić information content (AvgIpc) is 2.91. The predicted molar refractivity (Wildman–Crippen MR) is 117 cm³/mol. The first-order valence-electron chi connectivity index (χ1n) is 10.5. The number of carbonyl (C=O) groups excluding carboxylic acids is 3. The van der Waals surface area contributed by atoms with Gasteiger partial charge < -0.3 is 14.8 Å². The van der Waals surface area contributed by atoms with Crippen LogP contribution in [0.25, 0.3) is 0 Å². The number of ether oxygens (including phenoxy) is 2. The second-order valence-electron chi connectivity index (χ2n) is 9.67. The van der Waals surface area contributed by atoms with Gasteiger partial charge in [0, 0.05) is 37.7 Å². The van der Waals surface area contributed by atoms with Crippen LogP contribution >= 0.6 is 0 Å². The summed E-state index contributed by atoms with van der Waals surface area (Å²) in [6.45, 7) is 12.7. The van der Waals surface area contributed by atoms with Crippen molar-refractivity contribution in [1.82, 2.24) is 15.2 Å².